The number of piperazine rings is 1. The Morgan fingerprint density at radius 1 is 1.29 bits per heavy atom. The Labute approximate surface area is 133 Å². The Balaban J connectivity index is 1.47. The van der Waals surface area contributed by atoms with Crippen LogP contribution in [0.2, 0.25) is 0 Å². The summed E-state index contributed by atoms with van der Waals surface area (Å²) in [4.78, 5) is 21.3. The average Bonchev–Trinajstić information content (AvgIpc) is 3.05. The zero-order valence-corrected chi connectivity index (χ0v) is 14.3. The molecule has 5 nitrogen and oxygen atoms in total. The first kappa shape index (κ1) is 15.1. The number of aryl methyl sites for hydroxylation is 1. The summed E-state index contributed by atoms with van der Waals surface area (Å²) in [5, 5.41) is 3.80. The highest BCUT2D eigenvalue weighted by atomic mass is 32.2. The van der Waals surface area contributed by atoms with Crippen molar-refractivity contribution in [1.82, 2.24) is 14.4 Å². The Bertz CT molecular complexity index is 572. The van der Waals surface area contributed by atoms with E-state index in [1.165, 1.54) is 16.5 Å². The number of thiazole rings is 1. The van der Waals surface area contributed by atoms with Crippen LogP contribution in [0.1, 0.15) is 12.6 Å². The molecule has 3 heterocycles. The van der Waals surface area contributed by atoms with Gasteiger partial charge < -0.3 is 9.47 Å². The average molecular weight is 326 g/mol. The summed E-state index contributed by atoms with van der Waals surface area (Å²) in [7, 11) is 0. The zero-order chi connectivity index (χ0) is 14.8. The van der Waals surface area contributed by atoms with Crippen molar-refractivity contribution in [2.75, 3.05) is 39.3 Å². The highest BCUT2D eigenvalue weighted by molar-refractivity contribution is 8.14. The van der Waals surface area contributed by atoms with Crippen molar-refractivity contribution in [3.8, 4) is 0 Å². The molecule has 1 saturated heterocycles. The fraction of sp³-hybridized carbons (Fsp3) is 0.714. The van der Waals surface area contributed by atoms with Gasteiger partial charge in [0, 0.05) is 55.6 Å². The van der Waals surface area contributed by atoms with Crippen LogP contribution in [0.15, 0.2) is 15.2 Å². The Morgan fingerprint density at radius 3 is 2.62 bits per heavy atom. The van der Waals surface area contributed by atoms with Crippen LogP contribution in [0, 0.1) is 6.92 Å². The largest absolute Gasteiger partial charge is 0.349 e. The number of aromatic nitrogens is 1. The van der Waals surface area contributed by atoms with Gasteiger partial charge in [0.05, 0.1) is 6.54 Å². The summed E-state index contributed by atoms with van der Waals surface area (Å²) >= 11 is 3.20. The molecule has 1 fully saturated rings. The van der Waals surface area contributed by atoms with E-state index in [1.54, 1.807) is 0 Å². The molecule has 1 aromatic heterocycles. The lowest BCUT2D eigenvalue weighted by Crippen LogP contribution is -2.48. The lowest BCUT2D eigenvalue weighted by Gasteiger charge is -2.35. The van der Waals surface area contributed by atoms with E-state index in [0.29, 0.717) is 5.25 Å². The first-order valence-electron chi connectivity index (χ1n) is 7.47. The number of thioether (sulfide) groups is 1. The number of hydrogen-bond donors (Lipinski definition) is 0. The van der Waals surface area contributed by atoms with Crippen LogP contribution in [-0.4, -0.2) is 64.1 Å². The third-order valence-electron chi connectivity index (χ3n) is 4.05. The van der Waals surface area contributed by atoms with Gasteiger partial charge in [0.25, 0.3) is 0 Å². The lowest BCUT2D eigenvalue weighted by molar-refractivity contribution is 0.178. The maximum Gasteiger partial charge on any atom is 0.307 e. The second-order valence-electron chi connectivity index (χ2n) is 5.68. The number of rotatable bonds is 3. The van der Waals surface area contributed by atoms with Crippen LogP contribution in [0.25, 0.3) is 0 Å². The van der Waals surface area contributed by atoms with Crippen LogP contribution < -0.4 is 4.87 Å². The molecule has 2 aliphatic rings. The second kappa shape index (κ2) is 6.54. The third-order valence-corrected chi connectivity index (χ3v) is 6.08. The molecule has 0 amide bonds. The highest BCUT2D eigenvalue weighted by Crippen LogP contribution is 2.23. The van der Waals surface area contributed by atoms with Crippen molar-refractivity contribution < 1.29 is 0 Å². The van der Waals surface area contributed by atoms with Gasteiger partial charge in [0.2, 0.25) is 0 Å². The van der Waals surface area contributed by atoms with E-state index in [0.717, 1.165) is 51.5 Å². The number of aliphatic imine (C=N–C) groups is 1. The molecule has 3 rings (SSSR count). The summed E-state index contributed by atoms with van der Waals surface area (Å²) in [6.45, 7) is 11.2. The van der Waals surface area contributed by atoms with Crippen LogP contribution >= 0.6 is 23.1 Å². The lowest BCUT2D eigenvalue weighted by atomic mass is 10.3. The zero-order valence-electron chi connectivity index (χ0n) is 12.6. The quantitative estimate of drug-likeness (QED) is 0.840. The molecule has 0 saturated carbocycles. The summed E-state index contributed by atoms with van der Waals surface area (Å²) in [5.41, 5.74) is 1.08. The van der Waals surface area contributed by atoms with E-state index in [1.807, 2.05) is 28.6 Å². The number of nitrogens with zero attached hydrogens (tertiary/aromatic N) is 4. The second-order valence-corrected chi connectivity index (χ2v) is 7.90. The summed E-state index contributed by atoms with van der Waals surface area (Å²) in [6.07, 6.45) is 0. The molecule has 1 atom stereocenters. The van der Waals surface area contributed by atoms with Crippen LogP contribution in [0.5, 0.6) is 0 Å². The minimum atomic E-state index is 0.164. The molecule has 1 aromatic rings. The van der Waals surface area contributed by atoms with Crippen LogP contribution in [0.3, 0.4) is 0 Å². The molecule has 0 spiro atoms. The van der Waals surface area contributed by atoms with Crippen molar-refractivity contribution in [3.05, 3.63) is 20.7 Å². The minimum Gasteiger partial charge on any atom is -0.349 e. The normalized spacial score (nSPS) is 23.6. The topological polar surface area (TPSA) is 40.8 Å². The van der Waals surface area contributed by atoms with Crippen LogP contribution in [0.4, 0.5) is 0 Å². The summed E-state index contributed by atoms with van der Waals surface area (Å²) in [6, 6.07) is 0. The highest BCUT2D eigenvalue weighted by Gasteiger charge is 2.24. The summed E-state index contributed by atoms with van der Waals surface area (Å²) in [5.74, 6) is 0. The fourth-order valence-electron chi connectivity index (χ4n) is 2.71. The predicted molar refractivity (Wildman–Crippen MR) is 90.7 cm³/mol. The van der Waals surface area contributed by atoms with Gasteiger partial charge in [-0.05, 0) is 6.92 Å². The Hall–Kier alpha value is -0.790. The van der Waals surface area contributed by atoms with E-state index in [9.17, 15) is 4.79 Å². The molecule has 0 aromatic carbocycles. The molecule has 0 aliphatic carbocycles. The predicted octanol–water partition coefficient (Wildman–Crippen LogP) is 1.33. The van der Waals surface area contributed by atoms with E-state index in [-0.39, 0.29) is 4.87 Å². The van der Waals surface area contributed by atoms with Crippen molar-refractivity contribution >= 4 is 28.3 Å². The van der Waals surface area contributed by atoms with Gasteiger partial charge in [-0.3, -0.25) is 14.7 Å². The molecule has 0 N–H and O–H groups in total. The molecule has 116 valence electrons. The molecule has 7 heteroatoms. The van der Waals surface area contributed by atoms with Crippen molar-refractivity contribution in [2.24, 2.45) is 4.99 Å². The Morgan fingerprint density at radius 2 is 2.05 bits per heavy atom. The molecule has 1 unspecified atom stereocenters. The minimum absolute atomic E-state index is 0.164. The molecular formula is C14H22N4OS2. The molecule has 21 heavy (non-hydrogen) atoms. The van der Waals surface area contributed by atoms with Gasteiger partial charge in [0.1, 0.15) is 0 Å². The van der Waals surface area contributed by atoms with Gasteiger partial charge in [-0.2, -0.15) is 0 Å². The van der Waals surface area contributed by atoms with Crippen molar-refractivity contribution in [3.63, 3.8) is 0 Å². The summed E-state index contributed by atoms with van der Waals surface area (Å²) < 4.78 is 1.88. The van der Waals surface area contributed by atoms with E-state index >= 15 is 0 Å². The smallest absolute Gasteiger partial charge is 0.307 e. The van der Waals surface area contributed by atoms with Gasteiger partial charge in [-0.25, -0.2) is 0 Å². The SMILES string of the molecule is Cc1csc(=O)n1CCN1CCN(C2=NCC(C)S2)CC1. The monoisotopic (exact) mass is 326 g/mol. The molecule has 0 bridgehead atoms. The van der Waals surface area contributed by atoms with Crippen LogP contribution in [-0.2, 0) is 6.54 Å². The Kier molecular flexibility index (Phi) is 4.71. The van der Waals surface area contributed by atoms with E-state index < -0.39 is 0 Å². The van der Waals surface area contributed by atoms with Gasteiger partial charge >= 0.3 is 4.87 Å². The van der Waals surface area contributed by atoms with Gasteiger partial charge in [-0.15, -0.1) is 0 Å². The first-order chi connectivity index (χ1) is 10.1. The van der Waals surface area contributed by atoms with Gasteiger partial charge in [-0.1, -0.05) is 30.0 Å². The van der Waals surface area contributed by atoms with Gasteiger partial charge in [0.15, 0.2) is 5.17 Å². The number of amidine groups is 1. The first-order valence-corrected chi connectivity index (χ1v) is 9.23. The standard InChI is InChI=1S/C14H22N4OS2/c1-11-10-20-14(19)18(11)8-5-16-3-6-17(7-4-16)13-15-9-12(2)21-13/h10,12H,3-9H2,1-2H3. The number of hydrogen-bond acceptors (Lipinski definition) is 6. The molecule has 0 radical (unpaired) electrons. The molecular weight excluding hydrogens is 304 g/mol. The van der Waals surface area contributed by atoms with Crippen molar-refractivity contribution in [1.29, 1.82) is 0 Å². The van der Waals surface area contributed by atoms with Crippen molar-refractivity contribution in [2.45, 2.75) is 25.6 Å². The maximum atomic E-state index is 11.7. The van der Waals surface area contributed by atoms with E-state index in [2.05, 4.69) is 21.7 Å². The maximum absolute atomic E-state index is 11.7. The molecule has 2 aliphatic heterocycles. The fourth-order valence-corrected chi connectivity index (χ4v) is 4.47. The third kappa shape index (κ3) is 3.52. The van der Waals surface area contributed by atoms with E-state index in [4.69, 9.17) is 0 Å².